The summed E-state index contributed by atoms with van der Waals surface area (Å²) in [6.45, 7) is 6.25. The molecule has 8 heteroatoms. The van der Waals surface area contributed by atoms with Gasteiger partial charge in [0.25, 0.3) is 11.6 Å². The quantitative estimate of drug-likeness (QED) is 0.519. The maximum Gasteiger partial charge on any atom is 0.273 e. The van der Waals surface area contributed by atoms with Gasteiger partial charge in [0.1, 0.15) is 0 Å². The van der Waals surface area contributed by atoms with Crippen molar-refractivity contribution in [2.45, 2.75) is 27.3 Å². The number of rotatable bonds is 5. The first-order valence-electron chi connectivity index (χ1n) is 7.05. The third-order valence-corrected chi connectivity index (χ3v) is 3.48. The predicted octanol–water partition coefficient (Wildman–Crippen LogP) is 2.19. The minimum absolute atomic E-state index is 0.0957. The molecule has 0 fully saturated rings. The van der Waals surface area contributed by atoms with Crippen molar-refractivity contribution in [1.82, 2.24) is 15.2 Å². The van der Waals surface area contributed by atoms with E-state index in [4.69, 9.17) is 0 Å². The predicted molar refractivity (Wildman–Crippen MR) is 85.5 cm³/mol. The third kappa shape index (κ3) is 3.60. The summed E-state index contributed by atoms with van der Waals surface area (Å²) < 4.78 is 1.81. The average molecular weight is 315 g/mol. The molecule has 23 heavy (non-hydrogen) atoms. The standard InChI is InChI=1S/C15H17N5O3/c1-4-19-11(3)13(9-17-19)8-16-18-15(21)12-6-5-10(2)14(7-12)20(22)23/h5-9H,4H2,1-3H3,(H,18,21)/b16-8+. The van der Waals surface area contributed by atoms with Crippen molar-refractivity contribution in [1.29, 1.82) is 0 Å². The lowest BCUT2D eigenvalue weighted by atomic mass is 10.1. The Bertz CT molecular complexity index is 779. The van der Waals surface area contributed by atoms with E-state index < -0.39 is 10.8 Å². The Kier molecular flexibility index (Phi) is 4.85. The molecule has 8 nitrogen and oxygen atoms in total. The number of hydrogen-bond acceptors (Lipinski definition) is 5. The lowest BCUT2D eigenvalue weighted by Crippen LogP contribution is -2.18. The SMILES string of the molecule is CCn1ncc(/C=N/NC(=O)c2ccc(C)c([N+](=O)[O-])c2)c1C. The maximum absolute atomic E-state index is 12.0. The number of nitro groups is 1. The van der Waals surface area contributed by atoms with Crippen LogP contribution in [0.15, 0.2) is 29.5 Å². The number of nitrogens with one attached hydrogen (secondary N) is 1. The average Bonchev–Trinajstić information content (AvgIpc) is 2.87. The number of hydrazone groups is 1. The maximum atomic E-state index is 12.0. The van der Waals surface area contributed by atoms with E-state index in [0.29, 0.717) is 5.56 Å². The normalized spacial score (nSPS) is 10.9. The summed E-state index contributed by atoms with van der Waals surface area (Å²) in [4.78, 5) is 22.4. The molecule has 1 amide bonds. The topological polar surface area (TPSA) is 102 Å². The number of carbonyl (C=O) groups excluding carboxylic acids is 1. The fraction of sp³-hybridized carbons (Fsp3) is 0.267. The molecule has 120 valence electrons. The van der Waals surface area contributed by atoms with Crippen LogP contribution in [0.5, 0.6) is 0 Å². The Morgan fingerprint density at radius 3 is 2.83 bits per heavy atom. The van der Waals surface area contributed by atoms with Crippen LogP contribution in [0.3, 0.4) is 0 Å². The summed E-state index contributed by atoms with van der Waals surface area (Å²) in [5.74, 6) is -0.509. The zero-order valence-corrected chi connectivity index (χ0v) is 13.1. The van der Waals surface area contributed by atoms with Crippen molar-refractivity contribution < 1.29 is 9.72 Å². The van der Waals surface area contributed by atoms with Gasteiger partial charge < -0.3 is 0 Å². The highest BCUT2D eigenvalue weighted by Gasteiger charge is 2.14. The van der Waals surface area contributed by atoms with Gasteiger partial charge in [0, 0.05) is 35.0 Å². The van der Waals surface area contributed by atoms with Gasteiger partial charge in [-0.05, 0) is 26.8 Å². The Balaban J connectivity index is 2.10. The Labute approximate surface area is 133 Å². The lowest BCUT2D eigenvalue weighted by Gasteiger charge is -2.02. The summed E-state index contributed by atoms with van der Waals surface area (Å²) in [5.41, 5.74) is 4.68. The van der Waals surface area contributed by atoms with Gasteiger partial charge in [0.2, 0.25) is 0 Å². The molecule has 2 rings (SSSR count). The van der Waals surface area contributed by atoms with E-state index >= 15 is 0 Å². The second kappa shape index (κ2) is 6.82. The van der Waals surface area contributed by atoms with Crippen LogP contribution in [0.1, 0.15) is 34.1 Å². The molecular weight excluding hydrogens is 298 g/mol. The molecule has 1 heterocycles. The Hall–Kier alpha value is -3.03. The van der Waals surface area contributed by atoms with Gasteiger partial charge in [0.15, 0.2) is 0 Å². The molecule has 0 unspecified atom stereocenters. The minimum atomic E-state index is -0.516. The molecule has 2 aromatic rings. The molecule has 0 bridgehead atoms. The lowest BCUT2D eigenvalue weighted by molar-refractivity contribution is -0.385. The molecule has 0 spiro atoms. The van der Waals surface area contributed by atoms with Crippen molar-refractivity contribution in [2.24, 2.45) is 5.10 Å². The highest BCUT2D eigenvalue weighted by Crippen LogP contribution is 2.19. The Morgan fingerprint density at radius 2 is 2.22 bits per heavy atom. The monoisotopic (exact) mass is 315 g/mol. The Morgan fingerprint density at radius 1 is 1.48 bits per heavy atom. The second-order valence-electron chi connectivity index (χ2n) is 4.96. The molecule has 0 saturated carbocycles. The van der Waals surface area contributed by atoms with Gasteiger partial charge in [0.05, 0.1) is 17.3 Å². The summed E-state index contributed by atoms with van der Waals surface area (Å²) in [5, 5.41) is 18.9. The van der Waals surface area contributed by atoms with E-state index in [0.717, 1.165) is 17.8 Å². The molecule has 0 radical (unpaired) electrons. The molecule has 1 aromatic carbocycles. The third-order valence-electron chi connectivity index (χ3n) is 3.48. The molecule has 0 aliphatic heterocycles. The first kappa shape index (κ1) is 16.3. The number of aromatic nitrogens is 2. The summed E-state index contributed by atoms with van der Waals surface area (Å²) in [6, 6.07) is 4.29. The van der Waals surface area contributed by atoms with E-state index in [1.807, 2.05) is 18.5 Å². The number of nitrogens with zero attached hydrogens (tertiary/aromatic N) is 4. The number of hydrogen-bond donors (Lipinski definition) is 1. The largest absolute Gasteiger partial charge is 0.273 e. The second-order valence-corrected chi connectivity index (χ2v) is 4.96. The van der Waals surface area contributed by atoms with Gasteiger partial charge in [-0.15, -0.1) is 0 Å². The van der Waals surface area contributed by atoms with Crippen LogP contribution < -0.4 is 5.43 Å². The zero-order chi connectivity index (χ0) is 17.0. The van der Waals surface area contributed by atoms with Crippen LogP contribution in [0.4, 0.5) is 5.69 Å². The smallest absolute Gasteiger partial charge is 0.269 e. The van der Waals surface area contributed by atoms with Gasteiger partial charge in [-0.25, -0.2) is 5.43 Å². The van der Waals surface area contributed by atoms with E-state index in [2.05, 4.69) is 15.6 Å². The van der Waals surface area contributed by atoms with Crippen molar-refractivity contribution in [2.75, 3.05) is 0 Å². The van der Waals surface area contributed by atoms with Crippen molar-refractivity contribution in [3.63, 3.8) is 0 Å². The number of nitro benzene ring substituents is 1. The number of carbonyl (C=O) groups is 1. The molecule has 1 N–H and O–H groups in total. The molecule has 0 aliphatic carbocycles. The van der Waals surface area contributed by atoms with Crippen LogP contribution in [0.25, 0.3) is 0 Å². The highest BCUT2D eigenvalue weighted by molar-refractivity contribution is 5.95. The van der Waals surface area contributed by atoms with Crippen LogP contribution >= 0.6 is 0 Å². The first-order chi connectivity index (χ1) is 10.9. The molecule has 0 saturated heterocycles. The van der Waals surface area contributed by atoms with Gasteiger partial charge in [-0.1, -0.05) is 6.07 Å². The van der Waals surface area contributed by atoms with Crippen molar-refractivity contribution in [3.05, 3.63) is 56.9 Å². The molecular formula is C15H17N5O3. The van der Waals surface area contributed by atoms with Crippen LogP contribution in [-0.4, -0.2) is 26.8 Å². The van der Waals surface area contributed by atoms with Crippen molar-refractivity contribution in [3.8, 4) is 0 Å². The van der Waals surface area contributed by atoms with Crippen LogP contribution in [0, 0.1) is 24.0 Å². The summed E-state index contributed by atoms with van der Waals surface area (Å²) >= 11 is 0. The van der Waals surface area contributed by atoms with E-state index in [1.54, 1.807) is 13.1 Å². The minimum Gasteiger partial charge on any atom is -0.269 e. The van der Waals surface area contributed by atoms with Crippen molar-refractivity contribution >= 4 is 17.8 Å². The molecule has 0 aliphatic rings. The fourth-order valence-corrected chi connectivity index (χ4v) is 2.08. The zero-order valence-electron chi connectivity index (χ0n) is 13.1. The first-order valence-corrected chi connectivity index (χ1v) is 7.05. The molecule has 1 aromatic heterocycles. The number of benzene rings is 1. The number of aryl methyl sites for hydroxylation is 2. The van der Waals surface area contributed by atoms with Gasteiger partial charge in [-0.3, -0.25) is 19.6 Å². The highest BCUT2D eigenvalue weighted by atomic mass is 16.6. The summed E-state index contributed by atoms with van der Waals surface area (Å²) in [6.07, 6.45) is 3.15. The van der Waals surface area contributed by atoms with E-state index in [1.165, 1.54) is 24.4 Å². The number of amides is 1. The van der Waals surface area contributed by atoms with Crippen LogP contribution in [0.2, 0.25) is 0 Å². The summed E-state index contributed by atoms with van der Waals surface area (Å²) in [7, 11) is 0. The van der Waals surface area contributed by atoms with E-state index in [9.17, 15) is 14.9 Å². The van der Waals surface area contributed by atoms with Gasteiger partial charge in [-0.2, -0.15) is 10.2 Å². The van der Waals surface area contributed by atoms with Gasteiger partial charge >= 0.3 is 0 Å². The van der Waals surface area contributed by atoms with Crippen LogP contribution in [-0.2, 0) is 6.54 Å². The fourth-order valence-electron chi connectivity index (χ4n) is 2.08. The molecule has 0 atom stereocenters. The van der Waals surface area contributed by atoms with E-state index in [-0.39, 0.29) is 11.3 Å².